The van der Waals surface area contributed by atoms with Gasteiger partial charge >= 0.3 is 0 Å². The van der Waals surface area contributed by atoms with Crippen molar-refractivity contribution in [1.29, 1.82) is 0 Å². The predicted octanol–water partition coefficient (Wildman–Crippen LogP) is 1.01. The minimum atomic E-state index is -0.0977. The normalized spacial score (nSPS) is 9.38. The summed E-state index contributed by atoms with van der Waals surface area (Å²) in [6.07, 6.45) is 0. The lowest BCUT2D eigenvalue weighted by molar-refractivity contribution is -0.114. The number of anilines is 2. The Hall–Kier alpha value is -1.55. The summed E-state index contributed by atoms with van der Waals surface area (Å²) in [4.78, 5) is 10.7. The van der Waals surface area contributed by atoms with E-state index in [0.717, 1.165) is 11.4 Å². The van der Waals surface area contributed by atoms with E-state index in [2.05, 4.69) is 10.6 Å². The molecule has 1 rings (SSSR count). The molecule has 70 valence electrons. The molecule has 4 nitrogen and oxygen atoms in total. The molecular weight excluding hydrogens is 168 g/mol. The molecule has 4 heteroatoms. The van der Waals surface area contributed by atoms with Crippen molar-refractivity contribution in [3.63, 3.8) is 0 Å². The Morgan fingerprint density at radius 2 is 1.85 bits per heavy atom. The fourth-order valence-corrected chi connectivity index (χ4v) is 0.966. The summed E-state index contributed by atoms with van der Waals surface area (Å²) < 4.78 is 0. The number of hydrogen-bond acceptors (Lipinski definition) is 3. The van der Waals surface area contributed by atoms with Crippen LogP contribution in [0.2, 0.25) is 0 Å². The van der Waals surface area contributed by atoms with Crippen LogP contribution in [0.4, 0.5) is 11.4 Å². The van der Waals surface area contributed by atoms with Crippen molar-refractivity contribution in [3.8, 4) is 0 Å². The maximum Gasteiger partial charge on any atom is 0.221 e. The monoisotopic (exact) mass is 180 g/mol. The lowest BCUT2D eigenvalue weighted by Crippen LogP contribution is -2.05. The van der Waals surface area contributed by atoms with Gasteiger partial charge in [0, 0.05) is 18.3 Å². The number of hydrogen-bond donors (Lipinski definition) is 3. The molecule has 0 heterocycles. The van der Waals surface area contributed by atoms with E-state index >= 15 is 0 Å². The van der Waals surface area contributed by atoms with Crippen LogP contribution in [0, 0.1) is 0 Å². The van der Waals surface area contributed by atoms with E-state index in [-0.39, 0.29) is 12.6 Å². The van der Waals surface area contributed by atoms with Crippen LogP contribution in [0.3, 0.4) is 0 Å². The highest BCUT2D eigenvalue weighted by Gasteiger charge is 1.94. The number of nitrogens with one attached hydrogen (secondary N) is 2. The Bertz CT molecular complexity index is 282. The molecule has 0 unspecified atom stereocenters. The number of benzene rings is 1. The molecule has 0 radical (unpaired) electrons. The van der Waals surface area contributed by atoms with Gasteiger partial charge in [0.05, 0.1) is 0 Å². The van der Waals surface area contributed by atoms with Crippen LogP contribution in [-0.4, -0.2) is 17.7 Å². The quantitative estimate of drug-likeness (QED) is 0.608. The Morgan fingerprint density at radius 1 is 1.31 bits per heavy atom. The fourth-order valence-electron chi connectivity index (χ4n) is 0.966. The van der Waals surface area contributed by atoms with E-state index in [1.54, 1.807) is 24.3 Å². The molecule has 0 atom stereocenters. The maximum absolute atomic E-state index is 10.7. The van der Waals surface area contributed by atoms with E-state index < -0.39 is 0 Å². The number of aliphatic hydroxyl groups is 1. The molecule has 0 aliphatic heterocycles. The zero-order valence-electron chi connectivity index (χ0n) is 7.37. The first-order chi connectivity index (χ1) is 6.22. The van der Waals surface area contributed by atoms with Crippen molar-refractivity contribution in [2.75, 3.05) is 17.4 Å². The van der Waals surface area contributed by atoms with E-state index in [1.807, 2.05) is 0 Å². The van der Waals surface area contributed by atoms with Crippen molar-refractivity contribution < 1.29 is 9.90 Å². The van der Waals surface area contributed by atoms with Gasteiger partial charge in [-0.25, -0.2) is 0 Å². The molecule has 0 bridgehead atoms. The second kappa shape index (κ2) is 4.47. The third-order valence-electron chi connectivity index (χ3n) is 1.49. The summed E-state index contributed by atoms with van der Waals surface area (Å²) in [5, 5.41) is 13.9. The molecule has 0 fully saturated rings. The predicted molar refractivity (Wildman–Crippen MR) is 51.5 cm³/mol. The van der Waals surface area contributed by atoms with Gasteiger partial charge in [-0.15, -0.1) is 0 Å². The Balaban J connectivity index is 2.64. The summed E-state index contributed by atoms with van der Waals surface area (Å²) in [6, 6.07) is 7.09. The highest BCUT2D eigenvalue weighted by Crippen LogP contribution is 2.12. The first kappa shape index (κ1) is 9.54. The molecule has 13 heavy (non-hydrogen) atoms. The van der Waals surface area contributed by atoms with Gasteiger partial charge in [-0.1, -0.05) is 0 Å². The smallest absolute Gasteiger partial charge is 0.221 e. The van der Waals surface area contributed by atoms with E-state index in [1.165, 1.54) is 6.92 Å². The number of amides is 1. The van der Waals surface area contributed by atoms with Crippen LogP contribution >= 0.6 is 0 Å². The van der Waals surface area contributed by atoms with Gasteiger partial charge in [0.25, 0.3) is 0 Å². The average molecular weight is 180 g/mol. The molecule has 1 aromatic carbocycles. The highest BCUT2D eigenvalue weighted by molar-refractivity contribution is 5.88. The van der Waals surface area contributed by atoms with E-state index in [0.29, 0.717) is 0 Å². The van der Waals surface area contributed by atoms with E-state index in [9.17, 15) is 4.79 Å². The lowest BCUT2D eigenvalue weighted by atomic mass is 10.3. The van der Waals surface area contributed by atoms with Gasteiger partial charge in [0.15, 0.2) is 0 Å². The summed E-state index contributed by atoms with van der Waals surface area (Å²) in [5.74, 6) is -0.0946. The van der Waals surface area contributed by atoms with Crippen molar-refractivity contribution in [1.82, 2.24) is 0 Å². The molecule has 0 saturated heterocycles. The lowest BCUT2D eigenvalue weighted by Gasteiger charge is -2.04. The number of aliphatic hydroxyl groups excluding tert-OH is 1. The fraction of sp³-hybridized carbons (Fsp3) is 0.222. The standard InChI is InChI=1S/C9H12N2O2/c1-7(13)11-9-4-2-8(3-5-9)10-6-12/h2-5,10,12H,6H2,1H3,(H,11,13). The molecule has 1 aromatic rings. The third kappa shape index (κ3) is 3.13. The summed E-state index contributed by atoms with van der Waals surface area (Å²) in [5.41, 5.74) is 1.56. The first-order valence-electron chi connectivity index (χ1n) is 3.95. The maximum atomic E-state index is 10.7. The summed E-state index contributed by atoms with van der Waals surface area (Å²) in [7, 11) is 0. The summed E-state index contributed by atoms with van der Waals surface area (Å²) >= 11 is 0. The first-order valence-corrected chi connectivity index (χ1v) is 3.95. The molecule has 0 aliphatic carbocycles. The Kier molecular flexibility index (Phi) is 3.28. The topological polar surface area (TPSA) is 61.4 Å². The molecule has 0 saturated carbocycles. The van der Waals surface area contributed by atoms with Gasteiger partial charge < -0.3 is 15.7 Å². The minimum absolute atomic E-state index is 0.0946. The molecule has 0 spiro atoms. The SMILES string of the molecule is CC(=O)Nc1ccc(NCO)cc1. The van der Waals surface area contributed by atoms with Crippen LogP contribution in [0.25, 0.3) is 0 Å². The minimum Gasteiger partial charge on any atom is -0.377 e. The van der Waals surface area contributed by atoms with Crippen molar-refractivity contribution in [3.05, 3.63) is 24.3 Å². The Morgan fingerprint density at radius 3 is 2.31 bits per heavy atom. The number of carbonyl (C=O) groups excluding carboxylic acids is 1. The van der Waals surface area contributed by atoms with Crippen LogP contribution in [0.15, 0.2) is 24.3 Å². The Labute approximate surface area is 76.6 Å². The second-order valence-electron chi connectivity index (χ2n) is 2.59. The summed E-state index contributed by atoms with van der Waals surface area (Å²) in [6.45, 7) is 1.36. The third-order valence-corrected chi connectivity index (χ3v) is 1.49. The van der Waals surface area contributed by atoms with Crippen LogP contribution in [0.5, 0.6) is 0 Å². The van der Waals surface area contributed by atoms with E-state index in [4.69, 9.17) is 5.11 Å². The molecule has 0 aliphatic rings. The second-order valence-corrected chi connectivity index (χ2v) is 2.59. The number of carbonyl (C=O) groups is 1. The van der Waals surface area contributed by atoms with Gasteiger partial charge in [0.2, 0.25) is 5.91 Å². The molecule has 1 amide bonds. The van der Waals surface area contributed by atoms with Crippen molar-refractivity contribution in [2.24, 2.45) is 0 Å². The van der Waals surface area contributed by atoms with Gasteiger partial charge in [-0.3, -0.25) is 4.79 Å². The zero-order valence-corrected chi connectivity index (χ0v) is 7.37. The van der Waals surface area contributed by atoms with Gasteiger partial charge in [-0.2, -0.15) is 0 Å². The van der Waals surface area contributed by atoms with Crippen molar-refractivity contribution in [2.45, 2.75) is 6.92 Å². The number of rotatable bonds is 3. The molecule has 0 aromatic heterocycles. The van der Waals surface area contributed by atoms with Crippen LogP contribution < -0.4 is 10.6 Å². The van der Waals surface area contributed by atoms with Gasteiger partial charge in [0.1, 0.15) is 6.73 Å². The zero-order chi connectivity index (χ0) is 9.68. The largest absolute Gasteiger partial charge is 0.377 e. The molecule has 3 N–H and O–H groups in total. The van der Waals surface area contributed by atoms with Crippen LogP contribution in [0.1, 0.15) is 6.92 Å². The highest BCUT2D eigenvalue weighted by atomic mass is 16.3. The van der Waals surface area contributed by atoms with Gasteiger partial charge in [-0.05, 0) is 24.3 Å². The van der Waals surface area contributed by atoms with Crippen molar-refractivity contribution >= 4 is 17.3 Å². The molecular formula is C9H12N2O2. The van der Waals surface area contributed by atoms with Crippen LogP contribution in [-0.2, 0) is 4.79 Å². The average Bonchev–Trinajstić information content (AvgIpc) is 2.08.